The summed E-state index contributed by atoms with van der Waals surface area (Å²) in [5.74, 6) is -0.147. The molecule has 2 aromatic carbocycles. The number of carbonyl (C=O) groups excluding carboxylic acids is 3. The number of benzene rings is 2. The summed E-state index contributed by atoms with van der Waals surface area (Å²) in [6.07, 6.45) is 2.60. The number of hydrogen-bond donors (Lipinski definition) is 0. The second-order valence-electron chi connectivity index (χ2n) is 7.18. The summed E-state index contributed by atoms with van der Waals surface area (Å²) in [5, 5.41) is 10.2. The van der Waals surface area contributed by atoms with Crippen molar-refractivity contribution in [3.8, 4) is 17.4 Å². The molecule has 2 amide bonds. The molecular weight excluding hydrogens is 474 g/mol. The van der Waals surface area contributed by atoms with Crippen molar-refractivity contribution in [3.63, 3.8) is 0 Å². The van der Waals surface area contributed by atoms with Gasteiger partial charge in [-0.05, 0) is 35.5 Å². The van der Waals surface area contributed by atoms with Gasteiger partial charge in [0, 0.05) is 17.7 Å². The Morgan fingerprint density at radius 2 is 1.89 bits per heavy atom. The van der Waals surface area contributed by atoms with Crippen LogP contribution in [0.1, 0.15) is 15.9 Å². The van der Waals surface area contributed by atoms with E-state index in [-0.39, 0.29) is 28.8 Å². The van der Waals surface area contributed by atoms with Gasteiger partial charge in [-0.1, -0.05) is 36.4 Å². The Labute approximate surface area is 203 Å². The van der Waals surface area contributed by atoms with E-state index in [1.807, 2.05) is 0 Å². The summed E-state index contributed by atoms with van der Waals surface area (Å²) in [6.45, 7) is -0.343. The highest BCUT2D eigenvalue weighted by molar-refractivity contribution is 8.18. The quantitative estimate of drug-likeness (QED) is 0.190. The van der Waals surface area contributed by atoms with E-state index in [9.17, 15) is 24.5 Å². The van der Waals surface area contributed by atoms with Crippen LogP contribution in [0.4, 0.5) is 10.5 Å². The largest absolute Gasteiger partial charge is 0.493 e. The fourth-order valence-corrected chi connectivity index (χ4v) is 4.00. The minimum atomic E-state index is -0.564. The zero-order valence-electron chi connectivity index (χ0n) is 18.2. The number of thioether (sulfide) groups is 1. The Bertz CT molecular complexity index is 1340. The summed E-state index contributed by atoms with van der Waals surface area (Å²) in [4.78, 5) is 52.8. The van der Waals surface area contributed by atoms with Crippen LogP contribution >= 0.6 is 11.8 Å². The number of aromatic nitrogens is 1. The molecule has 1 saturated heterocycles. The number of nitro groups is 1. The maximum absolute atomic E-state index is 12.8. The van der Waals surface area contributed by atoms with Gasteiger partial charge in [0.15, 0.2) is 17.3 Å². The van der Waals surface area contributed by atoms with Gasteiger partial charge in [-0.15, -0.1) is 0 Å². The Hall–Kier alpha value is -4.51. The van der Waals surface area contributed by atoms with E-state index in [1.165, 1.54) is 25.3 Å². The summed E-state index contributed by atoms with van der Waals surface area (Å²) < 4.78 is 11.0. The van der Waals surface area contributed by atoms with Gasteiger partial charge < -0.3 is 9.47 Å². The van der Waals surface area contributed by atoms with Gasteiger partial charge in [-0.2, -0.15) is 0 Å². The highest BCUT2D eigenvalue weighted by Crippen LogP contribution is 2.36. The lowest BCUT2D eigenvalue weighted by atomic mass is 10.1. The number of methoxy groups -OCH3 is 1. The number of ether oxygens (including phenoxy) is 2. The van der Waals surface area contributed by atoms with E-state index in [0.29, 0.717) is 22.6 Å². The van der Waals surface area contributed by atoms with Crippen LogP contribution in [-0.4, -0.2) is 45.4 Å². The number of carbonyl (C=O) groups is 3. The first kappa shape index (κ1) is 23.6. The second-order valence-corrected chi connectivity index (χ2v) is 8.17. The van der Waals surface area contributed by atoms with E-state index in [2.05, 4.69) is 4.98 Å². The molecular formula is C24H17N3O7S. The van der Waals surface area contributed by atoms with Crippen LogP contribution in [0, 0.1) is 10.1 Å². The van der Waals surface area contributed by atoms with Crippen LogP contribution in [0.15, 0.2) is 71.8 Å². The second kappa shape index (κ2) is 10.2. The average Bonchev–Trinajstić information content (AvgIpc) is 3.13. The van der Waals surface area contributed by atoms with Crippen molar-refractivity contribution in [1.82, 2.24) is 9.88 Å². The zero-order valence-corrected chi connectivity index (χ0v) is 19.1. The van der Waals surface area contributed by atoms with E-state index in [4.69, 9.17) is 9.47 Å². The van der Waals surface area contributed by atoms with Gasteiger partial charge in [0.2, 0.25) is 5.88 Å². The predicted molar refractivity (Wildman–Crippen MR) is 127 cm³/mol. The molecule has 0 N–H and O–H groups in total. The molecule has 0 spiro atoms. The lowest BCUT2D eigenvalue weighted by Gasteiger charge is -2.11. The van der Waals surface area contributed by atoms with Crippen LogP contribution in [-0.2, 0) is 4.79 Å². The molecule has 0 unspecified atom stereocenters. The molecule has 35 heavy (non-hydrogen) atoms. The van der Waals surface area contributed by atoms with Gasteiger partial charge in [0.05, 0.1) is 23.5 Å². The first-order valence-corrected chi connectivity index (χ1v) is 11.0. The van der Waals surface area contributed by atoms with Crippen molar-refractivity contribution in [2.75, 3.05) is 13.7 Å². The molecule has 1 aliphatic heterocycles. The molecule has 3 aromatic rings. The molecule has 1 aromatic heterocycles. The molecule has 11 heteroatoms. The molecule has 1 aliphatic rings. The fraction of sp³-hybridized carbons (Fsp3) is 0.0833. The Morgan fingerprint density at radius 1 is 1.11 bits per heavy atom. The zero-order chi connectivity index (χ0) is 24.9. The van der Waals surface area contributed by atoms with E-state index < -0.39 is 16.1 Å². The summed E-state index contributed by atoms with van der Waals surface area (Å²) in [7, 11) is 1.43. The fourth-order valence-electron chi connectivity index (χ4n) is 3.16. The minimum absolute atomic E-state index is 0.130. The molecule has 0 atom stereocenters. The summed E-state index contributed by atoms with van der Waals surface area (Å²) >= 11 is 0.747. The van der Waals surface area contributed by atoms with Crippen LogP contribution in [0.25, 0.3) is 6.08 Å². The van der Waals surface area contributed by atoms with Crippen LogP contribution < -0.4 is 9.47 Å². The van der Waals surface area contributed by atoms with Gasteiger partial charge >= 0.3 is 0 Å². The standard InChI is InChI=1S/C24H17N3O7S/c1-33-20-11-15(7-9-19(20)34-22-10-8-17(13-25-22)27(31)32)12-21-23(29)26(24(30)35-21)14-18(28)16-5-3-2-4-6-16/h2-13H,14H2,1H3/b21-12+. The molecule has 0 aliphatic carbocycles. The number of amides is 2. The topological polar surface area (TPSA) is 129 Å². The molecule has 2 heterocycles. The van der Waals surface area contributed by atoms with Gasteiger partial charge in [0.1, 0.15) is 6.20 Å². The van der Waals surface area contributed by atoms with Crippen molar-refractivity contribution in [3.05, 3.63) is 93.0 Å². The van der Waals surface area contributed by atoms with E-state index in [1.54, 1.807) is 48.5 Å². The van der Waals surface area contributed by atoms with Crippen LogP contribution in [0.3, 0.4) is 0 Å². The SMILES string of the molecule is COc1cc(/C=C2/SC(=O)N(CC(=O)c3ccccc3)C2=O)ccc1Oc1ccc([N+](=O)[O-])cn1. The molecule has 4 rings (SSSR count). The van der Waals surface area contributed by atoms with Crippen molar-refractivity contribution >= 4 is 40.5 Å². The third-order valence-electron chi connectivity index (χ3n) is 4.90. The Morgan fingerprint density at radius 3 is 2.54 bits per heavy atom. The van der Waals surface area contributed by atoms with Gasteiger partial charge in [-0.25, -0.2) is 4.98 Å². The maximum Gasteiger partial charge on any atom is 0.293 e. The number of ketones is 1. The number of nitrogens with zero attached hydrogens (tertiary/aromatic N) is 3. The monoisotopic (exact) mass is 491 g/mol. The molecule has 0 saturated carbocycles. The van der Waals surface area contributed by atoms with Crippen LogP contribution in [0.5, 0.6) is 17.4 Å². The number of rotatable bonds is 8. The third-order valence-corrected chi connectivity index (χ3v) is 5.81. The van der Waals surface area contributed by atoms with Crippen molar-refractivity contribution in [2.24, 2.45) is 0 Å². The predicted octanol–water partition coefficient (Wildman–Crippen LogP) is 4.71. The number of Topliss-reactive ketones (excluding diaryl/α,β-unsaturated/α-hetero) is 1. The Balaban J connectivity index is 1.50. The normalized spacial score (nSPS) is 14.3. The highest BCUT2D eigenvalue weighted by Gasteiger charge is 2.36. The molecule has 1 fully saturated rings. The van der Waals surface area contributed by atoms with Crippen molar-refractivity contribution in [2.45, 2.75) is 0 Å². The summed E-state index contributed by atoms with van der Waals surface area (Å²) in [6, 6.07) is 15.9. The maximum atomic E-state index is 12.8. The number of imide groups is 1. The summed E-state index contributed by atoms with van der Waals surface area (Å²) in [5.41, 5.74) is 0.809. The van der Waals surface area contributed by atoms with Crippen molar-refractivity contribution in [1.29, 1.82) is 0 Å². The number of hydrogen-bond acceptors (Lipinski definition) is 9. The minimum Gasteiger partial charge on any atom is -0.493 e. The molecule has 0 radical (unpaired) electrons. The van der Waals surface area contributed by atoms with E-state index in [0.717, 1.165) is 22.9 Å². The molecule has 176 valence electrons. The van der Waals surface area contributed by atoms with Gasteiger partial charge in [-0.3, -0.25) is 29.4 Å². The molecule has 10 nitrogen and oxygen atoms in total. The third kappa shape index (κ3) is 5.36. The lowest BCUT2D eigenvalue weighted by molar-refractivity contribution is -0.385. The van der Waals surface area contributed by atoms with Gasteiger partial charge in [0.25, 0.3) is 16.8 Å². The lowest BCUT2D eigenvalue weighted by Crippen LogP contribution is -2.33. The van der Waals surface area contributed by atoms with E-state index >= 15 is 0 Å². The molecule has 0 bridgehead atoms. The van der Waals surface area contributed by atoms with Crippen LogP contribution in [0.2, 0.25) is 0 Å². The average molecular weight is 491 g/mol. The smallest absolute Gasteiger partial charge is 0.293 e. The highest BCUT2D eigenvalue weighted by atomic mass is 32.2. The first-order chi connectivity index (χ1) is 16.9. The Kier molecular flexibility index (Phi) is 6.88. The number of pyridine rings is 1. The van der Waals surface area contributed by atoms with Crippen molar-refractivity contribution < 1.29 is 28.8 Å². The first-order valence-electron chi connectivity index (χ1n) is 10.2.